The average Bonchev–Trinajstić information content (AvgIpc) is 2.80. The van der Waals surface area contributed by atoms with Gasteiger partial charge in [0.2, 0.25) is 0 Å². The third-order valence-electron chi connectivity index (χ3n) is 6.57. The summed E-state index contributed by atoms with van der Waals surface area (Å²) in [5.41, 5.74) is 2.16. The fourth-order valence-corrected chi connectivity index (χ4v) is 4.87. The maximum absolute atomic E-state index is 12.9. The number of amides is 2. The van der Waals surface area contributed by atoms with Crippen molar-refractivity contribution < 1.29 is 19.1 Å². The fraction of sp³-hybridized carbons (Fsp3) is 0.560. The van der Waals surface area contributed by atoms with Crippen LogP contribution in [0, 0.1) is 6.92 Å². The summed E-state index contributed by atoms with van der Waals surface area (Å²) in [6.07, 6.45) is 4.88. The van der Waals surface area contributed by atoms with Crippen molar-refractivity contribution in [2.75, 3.05) is 43.1 Å². The van der Waals surface area contributed by atoms with Gasteiger partial charge in [-0.3, -0.25) is 4.79 Å². The second kappa shape index (κ2) is 10.4. The Morgan fingerprint density at radius 2 is 1.91 bits per heavy atom. The van der Waals surface area contributed by atoms with Crippen molar-refractivity contribution in [3.8, 4) is 0 Å². The van der Waals surface area contributed by atoms with Crippen molar-refractivity contribution >= 4 is 34.4 Å². The van der Waals surface area contributed by atoms with Gasteiger partial charge in [-0.15, -0.1) is 0 Å². The molecule has 178 valence electrons. The first kappa shape index (κ1) is 23.3. The molecule has 4 rings (SSSR count). The molecule has 0 spiro atoms. The molecule has 1 aliphatic carbocycles. The number of hydrogen-bond donors (Lipinski definition) is 2. The van der Waals surface area contributed by atoms with Crippen LogP contribution in [0.15, 0.2) is 24.3 Å². The van der Waals surface area contributed by atoms with E-state index in [-0.39, 0.29) is 18.4 Å². The van der Waals surface area contributed by atoms with Gasteiger partial charge in [-0.2, -0.15) is 0 Å². The van der Waals surface area contributed by atoms with E-state index in [9.17, 15) is 9.59 Å². The topological polar surface area (TPSA) is 92.8 Å². The molecule has 8 nitrogen and oxygen atoms in total. The van der Waals surface area contributed by atoms with E-state index < -0.39 is 5.54 Å². The minimum atomic E-state index is -0.546. The van der Waals surface area contributed by atoms with Gasteiger partial charge < -0.3 is 25.0 Å². The minimum absolute atomic E-state index is 0.208. The van der Waals surface area contributed by atoms with Crippen LogP contribution in [-0.2, 0) is 14.3 Å². The molecule has 0 atom stereocenters. The Labute approximate surface area is 195 Å². The molecule has 1 saturated carbocycles. The zero-order valence-electron chi connectivity index (χ0n) is 19.6. The SMILES string of the molecule is CCOC(=O)CC1(NC(=O)Nc2ccc3nc(N4CCOCC4)cc(C)c3c2)CCCCC1. The van der Waals surface area contributed by atoms with Crippen LogP contribution < -0.4 is 15.5 Å². The second-order valence-electron chi connectivity index (χ2n) is 9.03. The molecule has 1 aliphatic heterocycles. The Morgan fingerprint density at radius 3 is 2.64 bits per heavy atom. The largest absolute Gasteiger partial charge is 0.466 e. The van der Waals surface area contributed by atoms with E-state index in [1.165, 1.54) is 0 Å². The molecule has 1 saturated heterocycles. The van der Waals surface area contributed by atoms with Crippen molar-refractivity contribution in [2.45, 2.75) is 57.9 Å². The summed E-state index contributed by atoms with van der Waals surface area (Å²) in [7, 11) is 0. The van der Waals surface area contributed by atoms with Crippen LogP contribution in [0.3, 0.4) is 0 Å². The van der Waals surface area contributed by atoms with Gasteiger partial charge in [0, 0.05) is 24.2 Å². The first-order valence-electron chi connectivity index (χ1n) is 12.0. The number of aryl methyl sites for hydroxylation is 1. The number of benzene rings is 1. The van der Waals surface area contributed by atoms with Gasteiger partial charge in [-0.1, -0.05) is 19.3 Å². The van der Waals surface area contributed by atoms with E-state index in [0.717, 1.165) is 67.5 Å². The van der Waals surface area contributed by atoms with Gasteiger partial charge in [-0.25, -0.2) is 9.78 Å². The van der Waals surface area contributed by atoms with Crippen molar-refractivity contribution in [3.63, 3.8) is 0 Å². The normalized spacial score (nSPS) is 18.1. The summed E-state index contributed by atoms with van der Waals surface area (Å²) in [6.45, 7) is 7.32. The van der Waals surface area contributed by atoms with Crippen molar-refractivity contribution in [2.24, 2.45) is 0 Å². The Kier molecular flexibility index (Phi) is 7.33. The molecule has 2 aromatic rings. The summed E-state index contributed by atoms with van der Waals surface area (Å²) in [6, 6.07) is 7.57. The van der Waals surface area contributed by atoms with Crippen molar-refractivity contribution in [1.29, 1.82) is 0 Å². The average molecular weight is 455 g/mol. The number of anilines is 2. The summed E-state index contributed by atoms with van der Waals surface area (Å²) in [4.78, 5) is 32.1. The van der Waals surface area contributed by atoms with E-state index in [2.05, 4.69) is 28.5 Å². The molecular formula is C25H34N4O4. The quantitative estimate of drug-likeness (QED) is 0.637. The summed E-state index contributed by atoms with van der Waals surface area (Å²) in [5, 5.41) is 7.06. The number of urea groups is 1. The monoisotopic (exact) mass is 454 g/mol. The number of fused-ring (bicyclic) bond motifs is 1. The highest BCUT2D eigenvalue weighted by Crippen LogP contribution is 2.32. The molecule has 1 aromatic heterocycles. The van der Waals surface area contributed by atoms with Crippen molar-refractivity contribution in [1.82, 2.24) is 10.3 Å². The molecular weight excluding hydrogens is 420 g/mol. The number of nitrogens with one attached hydrogen (secondary N) is 2. The lowest BCUT2D eigenvalue weighted by Gasteiger charge is -2.37. The van der Waals surface area contributed by atoms with Crippen LogP contribution in [0.1, 0.15) is 51.0 Å². The Balaban J connectivity index is 1.47. The third kappa shape index (κ3) is 5.74. The smallest absolute Gasteiger partial charge is 0.319 e. The third-order valence-corrected chi connectivity index (χ3v) is 6.57. The Morgan fingerprint density at radius 1 is 1.15 bits per heavy atom. The number of aromatic nitrogens is 1. The standard InChI is InChI=1S/C25H34N4O4/c1-3-33-23(30)17-25(9-5-4-6-10-25)28-24(31)26-19-7-8-21-20(16-19)18(2)15-22(27-21)29-11-13-32-14-12-29/h7-8,15-16H,3-6,9-14,17H2,1-2H3,(H2,26,28,31). The molecule has 33 heavy (non-hydrogen) atoms. The maximum Gasteiger partial charge on any atom is 0.319 e. The molecule has 0 unspecified atom stereocenters. The van der Waals surface area contributed by atoms with Gasteiger partial charge in [-0.05, 0) is 56.5 Å². The van der Waals surface area contributed by atoms with E-state index in [1.54, 1.807) is 6.92 Å². The molecule has 2 heterocycles. The van der Waals surface area contributed by atoms with Gasteiger partial charge >= 0.3 is 12.0 Å². The van der Waals surface area contributed by atoms with E-state index in [0.29, 0.717) is 25.5 Å². The molecule has 2 aliphatic rings. The van der Waals surface area contributed by atoms with E-state index in [1.807, 2.05) is 18.2 Å². The molecule has 2 N–H and O–H groups in total. The number of ether oxygens (including phenoxy) is 2. The summed E-state index contributed by atoms with van der Waals surface area (Å²) >= 11 is 0. The molecule has 0 bridgehead atoms. The number of morpholine rings is 1. The van der Waals surface area contributed by atoms with Crippen molar-refractivity contribution in [3.05, 3.63) is 29.8 Å². The minimum Gasteiger partial charge on any atom is -0.466 e. The van der Waals surface area contributed by atoms with Gasteiger partial charge in [0.25, 0.3) is 0 Å². The Bertz CT molecular complexity index is 997. The van der Waals surface area contributed by atoms with Gasteiger partial charge in [0.1, 0.15) is 5.82 Å². The zero-order valence-corrected chi connectivity index (χ0v) is 19.6. The van der Waals surface area contributed by atoms with Crippen LogP contribution in [0.2, 0.25) is 0 Å². The predicted molar refractivity (Wildman–Crippen MR) is 129 cm³/mol. The first-order valence-corrected chi connectivity index (χ1v) is 12.0. The van der Waals surface area contributed by atoms with E-state index in [4.69, 9.17) is 14.5 Å². The molecule has 8 heteroatoms. The zero-order chi connectivity index (χ0) is 23.3. The second-order valence-corrected chi connectivity index (χ2v) is 9.03. The number of nitrogens with zero attached hydrogens (tertiary/aromatic N) is 2. The van der Waals surface area contributed by atoms with Crippen LogP contribution in [0.5, 0.6) is 0 Å². The highest BCUT2D eigenvalue weighted by Gasteiger charge is 2.36. The van der Waals surface area contributed by atoms with Gasteiger partial charge in [0.15, 0.2) is 0 Å². The molecule has 1 aromatic carbocycles. The summed E-state index contributed by atoms with van der Waals surface area (Å²) in [5.74, 6) is 0.697. The number of esters is 1. The molecule has 0 radical (unpaired) electrons. The van der Waals surface area contributed by atoms with Gasteiger partial charge in [0.05, 0.1) is 37.3 Å². The fourth-order valence-electron chi connectivity index (χ4n) is 4.87. The van der Waals surface area contributed by atoms with Crippen LogP contribution in [0.25, 0.3) is 10.9 Å². The Hall–Kier alpha value is -2.87. The number of carbonyl (C=O) groups excluding carboxylic acids is 2. The van der Waals surface area contributed by atoms with Crippen LogP contribution >= 0.6 is 0 Å². The lowest BCUT2D eigenvalue weighted by Crippen LogP contribution is -2.52. The number of rotatable bonds is 6. The van der Waals surface area contributed by atoms with E-state index >= 15 is 0 Å². The lowest BCUT2D eigenvalue weighted by atomic mass is 9.79. The molecule has 2 fully saturated rings. The number of pyridine rings is 1. The maximum atomic E-state index is 12.9. The number of hydrogen-bond acceptors (Lipinski definition) is 6. The number of carbonyl (C=O) groups is 2. The highest BCUT2D eigenvalue weighted by molar-refractivity contribution is 5.94. The lowest BCUT2D eigenvalue weighted by molar-refractivity contribution is -0.145. The van der Waals surface area contributed by atoms with Crippen LogP contribution in [-0.4, -0.2) is 55.4 Å². The predicted octanol–water partition coefficient (Wildman–Crippen LogP) is 4.16. The molecule has 2 amide bonds. The summed E-state index contributed by atoms with van der Waals surface area (Å²) < 4.78 is 10.6. The van der Waals surface area contributed by atoms with Crippen LogP contribution in [0.4, 0.5) is 16.3 Å². The highest BCUT2D eigenvalue weighted by atomic mass is 16.5. The first-order chi connectivity index (χ1) is 16.0.